The molecule has 0 radical (unpaired) electrons. The van der Waals surface area contributed by atoms with E-state index in [9.17, 15) is 25.2 Å². The van der Waals surface area contributed by atoms with Crippen LogP contribution < -0.4 is 0 Å². The minimum Gasteiger partial charge on any atom is -0.505 e. The fraction of sp³-hybridized carbons (Fsp3) is 0.833. The van der Waals surface area contributed by atoms with E-state index in [1.54, 1.807) is 0 Å². The van der Waals surface area contributed by atoms with Crippen LogP contribution in [0.4, 0.5) is 0 Å². The average molecular weight is 344 g/mol. The molecular formula is C18H32O6. The van der Waals surface area contributed by atoms with E-state index in [1.807, 2.05) is 27.7 Å². The molecule has 2 atom stereocenters. The van der Waals surface area contributed by atoms with Crippen molar-refractivity contribution < 1.29 is 30.0 Å². The molecule has 4 N–H and O–H groups in total. The van der Waals surface area contributed by atoms with Crippen LogP contribution >= 0.6 is 0 Å². The highest BCUT2D eigenvalue weighted by atomic mass is 16.6. The largest absolute Gasteiger partial charge is 0.505 e. The Kier molecular flexibility index (Phi) is 6.70. The molecule has 0 spiro atoms. The van der Waals surface area contributed by atoms with E-state index < -0.39 is 34.3 Å². The maximum Gasteiger partial charge on any atom is 0.378 e. The first kappa shape index (κ1) is 20.8. The van der Waals surface area contributed by atoms with E-state index >= 15 is 0 Å². The topological polar surface area (TPSA) is 107 Å². The average Bonchev–Trinajstić information content (AvgIpc) is 2.73. The van der Waals surface area contributed by atoms with Gasteiger partial charge >= 0.3 is 5.97 Å². The predicted octanol–water partition coefficient (Wildman–Crippen LogP) is 3.27. The summed E-state index contributed by atoms with van der Waals surface area (Å²) in [4.78, 5) is 11.9. The Bertz CT molecular complexity index is 480. The molecule has 0 saturated carbocycles. The van der Waals surface area contributed by atoms with Crippen LogP contribution in [0.1, 0.15) is 79.1 Å². The Labute approximate surface area is 144 Å². The van der Waals surface area contributed by atoms with E-state index in [-0.39, 0.29) is 12.8 Å². The fourth-order valence-corrected chi connectivity index (χ4v) is 4.09. The minimum atomic E-state index is -1.89. The lowest BCUT2D eigenvalue weighted by Gasteiger charge is -2.52. The van der Waals surface area contributed by atoms with Gasteiger partial charge in [0.15, 0.2) is 5.76 Å². The quantitative estimate of drug-likeness (QED) is 0.453. The maximum absolute atomic E-state index is 11.9. The SMILES string of the molecule is CCCC(O)(CCC)[C@@](O)(CCC)[C@@]1(CCC)OC(=O)C(O)=C1O. The molecule has 1 rings (SSSR count). The number of hydrogen-bond donors (Lipinski definition) is 4. The highest BCUT2D eigenvalue weighted by Gasteiger charge is 2.68. The van der Waals surface area contributed by atoms with Crippen molar-refractivity contribution >= 4 is 5.97 Å². The van der Waals surface area contributed by atoms with Crippen LogP contribution in [0.2, 0.25) is 0 Å². The van der Waals surface area contributed by atoms with Crippen LogP contribution in [0, 0.1) is 0 Å². The van der Waals surface area contributed by atoms with Crippen molar-refractivity contribution in [3.8, 4) is 0 Å². The molecule has 0 aliphatic carbocycles. The molecule has 0 aromatic rings. The zero-order valence-corrected chi connectivity index (χ0v) is 15.3. The minimum absolute atomic E-state index is 0.112. The Morgan fingerprint density at radius 2 is 1.42 bits per heavy atom. The van der Waals surface area contributed by atoms with Crippen molar-refractivity contribution in [2.45, 2.75) is 95.9 Å². The third-order valence-electron chi connectivity index (χ3n) is 5.05. The van der Waals surface area contributed by atoms with Crippen molar-refractivity contribution in [1.82, 2.24) is 0 Å². The third-order valence-corrected chi connectivity index (χ3v) is 5.05. The summed E-state index contributed by atoms with van der Waals surface area (Å²) in [5, 5.41) is 43.3. The molecule has 0 unspecified atom stereocenters. The van der Waals surface area contributed by atoms with Gasteiger partial charge in [0.25, 0.3) is 0 Å². The van der Waals surface area contributed by atoms with Gasteiger partial charge in [0, 0.05) is 0 Å². The summed E-state index contributed by atoms with van der Waals surface area (Å²) < 4.78 is 5.35. The van der Waals surface area contributed by atoms with E-state index in [1.165, 1.54) is 0 Å². The first-order valence-electron chi connectivity index (χ1n) is 9.00. The lowest BCUT2D eigenvalue weighted by atomic mass is 9.63. The molecule has 1 heterocycles. The molecule has 6 nitrogen and oxygen atoms in total. The van der Waals surface area contributed by atoms with E-state index in [2.05, 4.69) is 0 Å². The van der Waals surface area contributed by atoms with Crippen molar-refractivity contribution in [3.05, 3.63) is 11.5 Å². The van der Waals surface area contributed by atoms with Crippen molar-refractivity contribution in [2.75, 3.05) is 0 Å². The summed E-state index contributed by atoms with van der Waals surface area (Å²) in [6.07, 6.45) is 3.09. The van der Waals surface area contributed by atoms with E-state index in [4.69, 9.17) is 4.74 Å². The Hall–Kier alpha value is -1.27. The molecule has 1 aliphatic heterocycles. The van der Waals surface area contributed by atoms with Crippen LogP contribution in [-0.4, -0.2) is 43.2 Å². The highest BCUT2D eigenvalue weighted by Crippen LogP contribution is 2.52. The molecular weight excluding hydrogens is 312 g/mol. The Balaban J connectivity index is 3.60. The summed E-state index contributed by atoms with van der Waals surface area (Å²) in [5.41, 5.74) is -5.25. The van der Waals surface area contributed by atoms with Gasteiger partial charge in [-0.15, -0.1) is 0 Å². The summed E-state index contributed by atoms with van der Waals surface area (Å²) in [6, 6.07) is 0. The molecule has 140 valence electrons. The molecule has 24 heavy (non-hydrogen) atoms. The molecule has 0 amide bonds. The second-order valence-electron chi connectivity index (χ2n) is 6.81. The summed E-state index contributed by atoms with van der Waals surface area (Å²) in [6.45, 7) is 7.46. The number of cyclic esters (lactones) is 1. The number of carbonyl (C=O) groups is 1. The Morgan fingerprint density at radius 1 is 0.917 bits per heavy atom. The maximum atomic E-state index is 11.9. The molecule has 0 aromatic carbocycles. The number of aliphatic hydroxyl groups excluding tert-OH is 2. The monoisotopic (exact) mass is 344 g/mol. The van der Waals surface area contributed by atoms with Gasteiger partial charge in [0.05, 0.1) is 5.60 Å². The first-order chi connectivity index (χ1) is 11.2. The van der Waals surface area contributed by atoms with Crippen molar-refractivity contribution in [1.29, 1.82) is 0 Å². The van der Waals surface area contributed by atoms with Crippen LogP contribution in [0.5, 0.6) is 0 Å². The van der Waals surface area contributed by atoms with Gasteiger partial charge in [-0.05, 0) is 25.7 Å². The zero-order chi connectivity index (χ0) is 18.6. The van der Waals surface area contributed by atoms with Gasteiger partial charge in [0.2, 0.25) is 11.4 Å². The van der Waals surface area contributed by atoms with Gasteiger partial charge in [-0.3, -0.25) is 0 Å². The number of aliphatic hydroxyl groups is 4. The highest BCUT2D eigenvalue weighted by molar-refractivity contribution is 5.90. The van der Waals surface area contributed by atoms with Gasteiger partial charge in [0.1, 0.15) is 5.60 Å². The summed E-state index contributed by atoms with van der Waals surface area (Å²) in [7, 11) is 0. The lowest BCUT2D eigenvalue weighted by Crippen LogP contribution is -2.68. The van der Waals surface area contributed by atoms with Gasteiger partial charge < -0.3 is 25.2 Å². The molecule has 6 heteroatoms. The normalized spacial score (nSPS) is 24.2. The van der Waals surface area contributed by atoms with Gasteiger partial charge in [-0.25, -0.2) is 4.79 Å². The van der Waals surface area contributed by atoms with Crippen LogP contribution in [0.3, 0.4) is 0 Å². The van der Waals surface area contributed by atoms with Crippen molar-refractivity contribution in [3.63, 3.8) is 0 Å². The summed E-state index contributed by atoms with van der Waals surface area (Å²) in [5.74, 6) is -2.62. The van der Waals surface area contributed by atoms with Gasteiger partial charge in [-0.1, -0.05) is 53.4 Å². The number of hydrogen-bond acceptors (Lipinski definition) is 6. The predicted molar refractivity (Wildman–Crippen MR) is 90.6 cm³/mol. The third kappa shape index (κ3) is 3.02. The molecule has 0 aromatic heterocycles. The molecule has 0 saturated heterocycles. The Morgan fingerprint density at radius 3 is 1.75 bits per heavy atom. The second-order valence-corrected chi connectivity index (χ2v) is 6.81. The number of carbonyl (C=O) groups excluding carboxylic acids is 1. The van der Waals surface area contributed by atoms with Crippen LogP contribution in [0.15, 0.2) is 11.5 Å². The molecule has 0 bridgehead atoms. The number of ether oxygens (including phenoxy) is 1. The molecule has 0 fully saturated rings. The summed E-state index contributed by atoms with van der Waals surface area (Å²) >= 11 is 0. The second kappa shape index (κ2) is 7.74. The molecule has 1 aliphatic rings. The fourth-order valence-electron chi connectivity index (χ4n) is 4.09. The van der Waals surface area contributed by atoms with Crippen LogP contribution in [0.25, 0.3) is 0 Å². The smallest absolute Gasteiger partial charge is 0.378 e. The van der Waals surface area contributed by atoms with E-state index in [0.29, 0.717) is 38.5 Å². The number of rotatable bonds is 10. The van der Waals surface area contributed by atoms with E-state index in [0.717, 1.165) is 0 Å². The zero-order valence-electron chi connectivity index (χ0n) is 15.3. The number of esters is 1. The van der Waals surface area contributed by atoms with Gasteiger partial charge in [-0.2, -0.15) is 0 Å². The van der Waals surface area contributed by atoms with Crippen LogP contribution in [-0.2, 0) is 9.53 Å². The lowest BCUT2D eigenvalue weighted by molar-refractivity contribution is -0.254. The standard InChI is InChI=1S/C18H32O6/c1-5-9-16(22,10-6-2)18(23,12-8-4)17(11-7-3)14(20)13(19)15(21)24-17/h19-20,22-23H,5-12H2,1-4H3/t17-,18-/m0/s1. The van der Waals surface area contributed by atoms with Crippen molar-refractivity contribution in [2.24, 2.45) is 0 Å². The first-order valence-corrected chi connectivity index (χ1v) is 9.00.